The van der Waals surface area contributed by atoms with Crippen LogP contribution in [0.1, 0.15) is 44.3 Å². The molecule has 118 valence electrons. The van der Waals surface area contributed by atoms with Crippen molar-refractivity contribution in [2.75, 3.05) is 7.05 Å². The Morgan fingerprint density at radius 3 is 2.82 bits per heavy atom. The Labute approximate surface area is 129 Å². The summed E-state index contributed by atoms with van der Waals surface area (Å²) in [7, 11) is 1.60. The predicted molar refractivity (Wildman–Crippen MR) is 81.0 cm³/mol. The van der Waals surface area contributed by atoms with Crippen LogP contribution in [-0.4, -0.2) is 40.5 Å². The molecule has 2 amide bonds. The lowest BCUT2D eigenvalue weighted by atomic mass is 10.1. The van der Waals surface area contributed by atoms with E-state index < -0.39 is 0 Å². The topological polar surface area (TPSA) is 66.1 Å². The molecule has 2 heterocycles. The van der Waals surface area contributed by atoms with Crippen molar-refractivity contribution < 1.29 is 14.0 Å². The van der Waals surface area contributed by atoms with Gasteiger partial charge in [0.05, 0.1) is 12.8 Å². The molecule has 0 atom stereocenters. The normalized spacial score (nSPS) is 19.4. The maximum absolute atomic E-state index is 12.9. The Morgan fingerprint density at radius 1 is 1.41 bits per heavy atom. The number of rotatable bonds is 4. The van der Waals surface area contributed by atoms with Crippen molar-refractivity contribution in [3.63, 3.8) is 0 Å². The van der Waals surface area contributed by atoms with Crippen LogP contribution in [0, 0.1) is 0 Å². The molecule has 1 aromatic rings. The molecule has 22 heavy (non-hydrogen) atoms. The zero-order valence-electron chi connectivity index (χ0n) is 12.8. The van der Waals surface area contributed by atoms with Gasteiger partial charge >= 0.3 is 0 Å². The lowest BCUT2D eigenvalue weighted by Crippen LogP contribution is -2.44. The molecule has 1 aliphatic heterocycles. The summed E-state index contributed by atoms with van der Waals surface area (Å²) in [4.78, 5) is 26.3. The van der Waals surface area contributed by atoms with E-state index in [1.807, 2.05) is 17.0 Å². The van der Waals surface area contributed by atoms with Crippen LogP contribution in [0.4, 0.5) is 0 Å². The van der Waals surface area contributed by atoms with Crippen LogP contribution in [0.25, 0.3) is 0 Å². The van der Waals surface area contributed by atoms with Crippen molar-refractivity contribution in [1.82, 2.24) is 9.91 Å². The first-order chi connectivity index (χ1) is 10.6. The van der Waals surface area contributed by atoms with Gasteiger partial charge in [0.2, 0.25) is 5.91 Å². The molecule has 6 heteroatoms. The van der Waals surface area contributed by atoms with E-state index >= 15 is 0 Å². The lowest BCUT2D eigenvalue weighted by molar-refractivity contribution is -0.131. The number of hydrogen-bond acceptors (Lipinski definition) is 4. The van der Waals surface area contributed by atoms with Gasteiger partial charge in [0.25, 0.3) is 5.91 Å². The monoisotopic (exact) mass is 303 g/mol. The highest BCUT2D eigenvalue weighted by Gasteiger charge is 2.32. The Bertz CT molecular complexity index is 573. The number of carbonyl (C=O) groups excluding carboxylic acids is 2. The minimum atomic E-state index is -0.0670. The van der Waals surface area contributed by atoms with E-state index in [0.29, 0.717) is 25.1 Å². The lowest BCUT2D eigenvalue weighted by Gasteiger charge is -2.30. The number of furan rings is 1. The molecular weight excluding hydrogens is 282 g/mol. The maximum atomic E-state index is 12.9. The zero-order valence-corrected chi connectivity index (χ0v) is 12.8. The van der Waals surface area contributed by atoms with Gasteiger partial charge in [0, 0.05) is 25.9 Å². The van der Waals surface area contributed by atoms with Crippen LogP contribution in [0.5, 0.6) is 0 Å². The van der Waals surface area contributed by atoms with E-state index in [0.717, 1.165) is 31.4 Å². The molecule has 0 N–H and O–H groups in total. The summed E-state index contributed by atoms with van der Waals surface area (Å²) in [6.07, 6.45) is 6.73. The van der Waals surface area contributed by atoms with Crippen molar-refractivity contribution >= 4 is 17.5 Å². The average Bonchev–Trinajstić information content (AvgIpc) is 3.20. The Hall–Kier alpha value is -2.11. The fraction of sp³-hybridized carbons (Fsp3) is 0.562. The first-order valence-electron chi connectivity index (χ1n) is 7.82. The highest BCUT2D eigenvalue weighted by atomic mass is 16.3. The number of amides is 2. The highest BCUT2D eigenvalue weighted by Crippen LogP contribution is 2.26. The van der Waals surface area contributed by atoms with Crippen molar-refractivity contribution in [3.8, 4) is 0 Å². The molecule has 0 saturated heterocycles. The number of nitrogens with zero attached hydrogens (tertiary/aromatic N) is 3. The maximum Gasteiger partial charge on any atom is 0.270 e. The van der Waals surface area contributed by atoms with Crippen LogP contribution in [0.2, 0.25) is 0 Å². The van der Waals surface area contributed by atoms with E-state index in [1.54, 1.807) is 13.3 Å². The quantitative estimate of drug-likeness (QED) is 0.856. The van der Waals surface area contributed by atoms with E-state index in [-0.39, 0.29) is 17.9 Å². The first kappa shape index (κ1) is 14.8. The predicted octanol–water partition coefficient (Wildman–Crippen LogP) is 2.16. The number of carbonyl (C=O) groups is 2. The van der Waals surface area contributed by atoms with Gasteiger partial charge in [-0.3, -0.25) is 9.59 Å². The Morgan fingerprint density at radius 2 is 2.18 bits per heavy atom. The number of hydrogen-bond donors (Lipinski definition) is 0. The van der Waals surface area contributed by atoms with Gasteiger partial charge in [-0.25, -0.2) is 5.01 Å². The molecule has 3 rings (SSSR count). The van der Waals surface area contributed by atoms with Crippen molar-refractivity contribution in [2.45, 2.75) is 51.1 Å². The third-order valence-corrected chi connectivity index (χ3v) is 4.39. The van der Waals surface area contributed by atoms with Crippen molar-refractivity contribution in [1.29, 1.82) is 0 Å². The van der Waals surface area contributed by atoms with Gasteiger partial charge in [-0.05, 0) is 25.0 Å². The van der Waals surface area contributed by atoms with E-state index in [4.69, 9.17) is 4.42 Å². The first-order valence-corrected chi connectivity index (χ1v) is 7.82. The summed E-state index contributed by atoms with van der Waals surface area (Å²) in [5, 5.41) is 5.44. The minimum absolute atomic E-state index is 0.0463. The Balaban J connectivity index is 1.80. The molecule has 1 saturated carbocycles. The van der Waals surface area contributed by atoms with Gasteiger partial charge in [-0.2, -0.15) is 5.10 Å². The van der Waals surface area contributed by atoms with E-state index in [1.165, 1.54) is 5.01 Å². The molecule has 1 aliphatic carbocycles. The van der Waals surface area contributed by atoms with Gasteiger partial charge in [0.1, 0.15) is 11.5 Å². The molecule has 6 nitrogen and oxygen atoms in total. The van der Waals surface area contributed by atoms with Crippen LogP contribution < -0.4 is 0 Å². The molecule has 0 radical (unpaired) electrons. The molecule has 0 spiro atoms. The van der Waals surface area contributed by atoms with Crippen molar-refractivity contribution in [3.05, 3.63) is 24.2 Å². The fourth-order valence-corrected chi connectivity index (χ4v) is 3.14. The molecule has 1 fully saturated rings. The van der Waals surface area contributed by atoms with E-state index in [9.17, 15) is 9.59 Å². The Kier molecular flexibility index (Phi) is 4.27. The smallest absolute Gasteiger partial charge is 0.270 e. The second-order valence-electron chi connectivity index (χ2n) is 5.91. The summed E-state index contributed by atoms with van der Waals surface area (Å²) in [6.45, 7) is 0.465. The standard InChI is InChI=1S/C16H21N3O3/c1-18-15(20)9-8-14(17-18)16(21)19(12-5-2-3-6-12)11-13-7-4-10-22-13/h4,7,10,12H,2-3,5-6,8-9,11H2,1H3. The van der Waals surface area contributed by atoms with Crippen LogP contribution in [-0.2, 0) is 16.1 Å². The molecule has 0 bridgehead atoms. The molecule has 1 aromatic heterocycles. The molecule has 0 unspecified atom stereocenters. The fourth-order valence-electron chi connectivity index (χ4n) is 3.14. The molecule has 2 aliphatic rings. The van der Waals surface area contributed by atoms with Crippen LogP contribution >= 0.6 is 0 Å². The van der Waals surface area contributed by atoms with E-state index in [2.05, 4.69) is 5.10 Å². The van der Waals surface area contributed by atoms with Crippen molar-refractivity contribution in [2.24, 2.45) is 5.10 Å². The second-order valence-corrected chi connectivity index (χ2v) is 5.91. The van der Waals surface area contributed by atoms with Gasteiger partial charge in [0.15, 0.2) is 0 Å². The molecule has 0 aromatic carbocycles. The summed E-state index contributed by atoms with van der Waals surface area (Å²) >= 11 is 0. The summed E-state index contributed by atoms with van der Waals surface area (Å²) < 4.78 is 5.40. The SMILES string of the molecule is CN1N=C(C(=O)N(Cc2ccco2)C2CCCC2)CCC1=O. The van der Waals surface area contributed by atoms with Crippen LogP contribution in [0.3, 0.4) is 0 Å². The summed E-state index contributed by atoms with van der Waals surface area (Å²) in [6, 6.07) is 3.95. The number of hydrazone groups is 1. The zero-order chi connectivity index (χ0) is 15.5. The third-order valence-electron chi connectivity index (χ3n) is 4.39. The van der Waals surface area contributed by atoms with Gasteiger partial charge < -0.3 is 9.32 Å². The summed E-state index contributed by atoms with van der Waals surface area (Å²) in [5.41, 5.74) is 0.473. The van der Waals surface area contributed by atoms with Gasteiger partial charge in [-0.15, -0.1) is 0 Å². The third kappa shape index (κ3) is 3.05. The summed E-state index contributed by atoms with van der Waals surface area (Å²) in [5.74, 6) is 0.666. The highest BCUT2D eigenvalue weighted by molar-refractivity contribution is 6.39. The largest absolute Gasteiger partial charge is 0.467 e. The molecular formula is C16H21N3O3. The minimum Gasteiger partial charge on any atom is -0.467 e. The van der Waals surface area contributed by atoms with Crippen LogP contribution in [0.15, 0.2) is 27.9 Å². The second kappa shape index (κ2) is 6.34. The van der Waals surface area contributed by atoms with Gasteiger partial charge in [-0.1, -0.05) is 12.8 Å². The average molecular weight is 303 g/mol.